The monoisotopic (exact) mass is 222 g/mol. The molecular weight excluding hydrogens is 204 g/mol. The lowest BCUT2D eigenvalue weighted by atomic mass is 9.89. The molecule has 0 amide bonds. The third-order valence-corrected chi connectivity index (χ3v) is 3.09. The Balaban J connectivity index is 1.80. The first-order valence-electron chi connectivity index (χ1n) is 5.62. The first-order valence-corrected chi connectivity index (χ1v) is 5.62. The third-order valence-electron chi connectivity index (χ3n) is 3.09. The van der Waals surface area contributed by atoms with Crippen LogP contribution in [0.5, 0.6) is 0 Å². The molecule has 2 rings (SSSR count). The van der Waals surface area contributed by atoms with E-state index < -0.39 is 6.29 Å². The van der Waals surface area contributed by atoms with Crippen LogP contribution in [0.4, 0.5) is 0 Å². The van der Waals surface area contributed by atoms with Crippen LogP contribution in [0.2, 0.25) is 0 Å². The van der Waals surface area contributed by atoms with Crippen LogP contribution in [0, 0.1) is 5.41 Å². The molecular formula is C13H18O3. The van der Waals surface area contributed by atoms with Crippen LogP contribution < -0.4 is 0 Å². The summed E-state index contributed by atoms with van der Waals surface area (Å²) in [7, 11) is 0. The van der Waals surface area contributed by atoms with Gasteiger partial charge in [-0.3, -0.25) is 0 Å². The Morgan fingerprint density at radius 2 is 2.19 bits per heavy atom. The molecule has 0 aliphatic carbocycles. The van der Waals surface area contributed by atoms with Gasteiger partial charge in [-0.1, -0.05) is 37.3 Å². The molecule has 1 fully saturated rings. The quantitative estimate of drug-likeness (QED) is 0.846. The van der Waals surface area contributed by atoms with Crippen LogP contribution in [0.25, 0.3) is 0 Å². The van der Waals surface area contributed by atoms with E-state index in [4.69, 9.17) is 9.47 Å². The second-order valence-corrected chi connectivity index (χ2v) is 4.61. The van der Waals surface area contributed by atoms with Gasteiger partial charge in [0, 0.05) is 5.41 Å². The minimum atomic E-state index is -0.691. The molecule has 0 bridgehead atoms. The van der Waals surface area contributed by atoms with Gasteiger partial charge in [-0.15, -0.1) is 0 Å². The molecule has 1 aliphatic rings. The summed E-state index contributed by atoms with van der Waals surface area (Å²) in [5.41, 5.74) is 0.897. The van der Waals surface area contributed by atoms with Gasteiger partial charge in [0.25, 0.3) is 0 Å². The van der Waals surface area contributed by atoms with Gasteiger partial charge in [0.15, 0.2) is 6.29 Å². The average molecular weight is 222 g/mol. The number of hydrogen-bond donors (Lipinski definition) is 1. The molecule has 0 saturated carbocycles. The summed E-state index contributed by atoms with van der Waals surface area (Å²) < 4.78 is 10.8. The molecule has 2 atom stereocenters. The number of rotatable bonds is 4. The van der Waals surface area contributed by atoms with E-state index >= 15 is 0 Å². The van der Waals surface area contributed by atoms with E-state index in [1.165, 1.54) is 0 Å². The van der Waals surface area contributed by atoms with E-state index in [1.54, 1.807) is 0 Å². The molecule has 2 unspecified atom stereocenters. The van der Waals surface area contributed by atoms with Crippen molar-refractivity contribution >= 4 is 0 Å². The maximum absolute atomic E-state index is 9.64. The number of aliphatic hydroxyl groups excluding tert-OH is 1. The van der Waals surface area contributed by atoms with Crippen molar-refractivity contribution in [3.63, 3.8) is 0 Å². The van der Waals surface area contributed by atoms with E-state index in [9.17, 15) is 5.11 Å². The van der Waals surface area contributed by atoms with Crippen molar-refractivity contribution in [1.82, 2.24) is 0 Å². The lowest BCUT2D eigenvalue weighted by Gasteiger charge is -2.25. The highest BCUT2D eigenvalue weighted by Gasteiger charge is 2.39. The summed E-state index contributed by atoms with van der Waals surface area (Å²) in [5.74, 6) is 0. The summed E-state index contributed by atoms with van der Waals surface area (Å²) >= 11 is 0. The maximum atomic E-state index is 9.64. The minimum absolute atomic E-state index is 0.255. The Morgan fingerprint density at radius 1 is 1.44 bits per heavy atom. The molecule has 0 radical (unpaired) electrons. The molecule has 0 spiro atoms. The van der Waals surface area contributed by atoms with E-state index in [0.29, 0.717) is 19.8 Å². The Kier molecular flexibility index (Phi) is 3.59. The van der Waals surface area contributed by atoms with E-state index in [0.717, 1.165) is 12.0 Å². The summed E-state index contributed by atoms with van der Waals surface area (Å²) in [4.78, 5) is 0. The zero-order valence-corrected chi connectivity index (χ0v) is 9.56. The smallest absolute Gasteiger partial charge is 0.162 e. The topological polar surface area (TPSA) is 38.7 Å². The second kappa shape index (κ2) is 4.95. The Hall–Kier alpha value is -0.900. The molecule has 88 valence electrons. The van der Waals surface area contributed by atoms with Crippen molar-refractivity contribution in [3.8, 4) is 0 Å². The average Bonchev–Trinajstić information content (AvgIpc) is 2.61. The van der Waals surface area contributed by atoms with E-state index in [-0.39, 0.29) is 5.41 Å². The summed E-state index contributed by atoms with van der Waals surface area (Å²) in [6.45, 7) is 3.73. The van der Waals surface area contributed by atoms with Gasteiger partial charge in [0.1, 0.15) is 0 Å². The number of aliphatic hydroxyl groups is 1. The summed E-state index contributed by atoms with van der Waals surface area (Å²) in [6.07, 6.45) is 0.159. The Labute approximate surface area is 96.0 Å². The number of hydrogen-bond acceptors (Lipinski definition) is 3. The molecule has 3 heteroatoms. The van der Waals surface area contributed by atoms with Gasteiger partial charge in [-0.05, 0) is 12.0 Å². The van der Waals surface area contributed by atoms with Crippen molar-refractivity contribution in [2.75, 3.05) is 13.2 Å². The van der Waals surface area contributed by atoms with Crippen LogP contribution >= 0.6 is 0 Å². The molecule has 1 aliphatic heterocycles. The lowest BCUT2D eigenvalue weighted by molar-refractivity contribution is -0.133. The van der Waals surface area contributed by atoms with Gasteiger partial charge >= 0.3 is 0 Å². The van der Waals surface area contributed by atoms with Crippen molar-refractivity contribution in [3.05, 3.63) is 35.9 Å². The van der Waals surface area contributed by atoms with Crippen LogP contribution in [0.15, 0.2) is 30.3 Å². The molecule has 3 nitrogen and oxygen atoms in total. The van der Waals surface area contributed by atoms with Crippen molar-refractivity contribution in [1.29, 1.82) is 0 Å². The minimum Gasteiger partial charge on any atom is -0.376 e. The molecule has 1 aromatic rings. The predicted octanol–water partition coefficient (Wildman–Crippen LogP) is 1.95. The molecule has 1 aromatic carbocycles. The lowest BCUT2D eigenvalue weighted by Crippen LogP contribution is -2.32. The van der Waals surface area contributed by atoms with E-state index in [2.05, 4.69) is 0 Å². The highest BCUT2D eigenvalue weighted by molar-refractivity contribution is 5.13. The van der Waals surface area contributed by atoms with Gasteiger partial charge < -0.3 is 14.6 Å². The van der Waals surface area contributed by atoms with Crippen molar-refractivity contribution < 1.29 is 14.6 Å². The van der Waals surface area contributed by atoms with Crippen LogP contribution in [-0.4, -0.2) is 24.6 Å². The molecule has 1 heterocycles. The van der Waals surface area contributed by atoms with Gasteiger partial charge in [-0.2, -0.15) is 0 Å². The molecule has 1 N–H and O–H groups in total. The Bertz CT molecular complexity index is 325. The van der Waals surface area contributed by atoms with Gasteiger partial charge in [0.05, 0.1) is 19.8 Å². The maximum Gasteiger partial charge on any atom is 0.162 e. The molecule has 1 saturated heterocycles. The first kappa shape index (κ1) is 11.6. The molecule has 0 aromatic heterocycles. The summed E-state index contributed by atoms with van der Waals surface area (Å²) in [6, 6.07) is 10.0. The standard InChI is InChI=1S/C13H18O3/c1-13(7-8-16-12(13)14)10-15-9-11-5-3-2-4-6-11/h2-6,12,14H,7-10H2,1H3. The predicted molar refractivity (Wildman–Crippen MR) is 60.8 cm³/mol. The van der Waals surface area contributed by atoms with Crippen LogP contribution in [0.3, 0.4) is 0 Å². The summed E-state index contributed by atoms with van der Waals surface area (Å²) in [5, 5.41) is 9.64. The first-order chi connectivity index (χ1) is 7.71. The molecule has 16 heavy (non-hydrogen) atoms. The van der Waals surface area contributed by atoms with Crippen LogP contribution in [0.1, 0.15) is 18.9 Å². The largest absolute Gasteiger partial charge is 0.376 e. The zero-order chi connectivity index (χ0) is 11.4. The van der Waals surface area contributed by atoms with Crippen molar-refractivity contribution in [2.24, 2.45) is 5.41 Å². The fourth-order valence-electron chi connectivity index (χ4n) is 1.85. The van der Waals surface area contributed by atoms with E-state index in [1.807, 2.05) is 37.3 Å². The zero-order valence-electron chi connectivity index (χ0n) is 9.56. The van der Waals surface area contributed by atoms with Crippen molar-refractivity contribution in [2.45, 2.75) is 26.2 Å². The normalized spacial score (nSPS) is 29.5. The van der Waals surface area contributed by atoms with Gasteiger partial charge in [0.2, 0.25) is 0 Å². The second-order valence-electron chi connectivity index (χ2n) is 4.61. The fourth-order valence-corrected chi connectivity index (χ4v) is 1.85. The highest BCUT2D eigenvalue weighted by Crippen LogP contribution is 2.33. The fraction of sp³-hybridized carbons (Fsp3) is 0.538. The Morgan fingerprint density at radius 3 is 2.81 bits per heavy atom. The third kappa shape index (κ3) is 2.61. The SMILES string of the molecule is CC1(COCc2ccccc2)CCOC1O. The highest BCUT2D eigenvalue weighted by atomic mass is 16.6. The number of ether oxygens (including phenoxy) is 2. The van der Waals surface area contributed by atoms with Gasteiger partial charge in [-0.25, -0.2) is 0 Å². The van der Waals surface area contributed by atoms with Crippen LogP contribution in [-0.2, 0) is 16.1 Å². The number of benzene rings is 1.